The molecule has 21 heavy (non-hydrogen) atoms. The maximum absolute atomic E-state index is 12.4. The summed E-state index contributed by atoms with van der Waals surface area (Å²) in [6, 6.07) is 3.82. The second-order valence-corrected chi connectivity index (χ2v) is 6.69. The van der Waals surface area contributed by atoms with Gasteiger partial charge in [-0.25, -0.2) is 8.42 Å². The van der Waals surface area contributed by atoms with Crippen molar-refractivity contribution >= 4 is 21.8 Å². The van der Waals surface area contributed by atoms with E-state index in [1.165, 1.54) is 13.1 Å². The monoisotopic (exact) mass is 310 g/mol. The van der Waals surface area contributed by atoms with E-state index in [2.05, 4.69) is 4.72 Å². The molecule has 112 valence electrons. The van der Waals surface area contributed by atoms with E-state index >= 15 is 0 Å². The Hall–Kier alpha value is -1.93. The number of nitrogens with one attached hydrogen (secondary N) is 1. The maximum Gasteiger partial charge on any atom is 0.247 e. The van der Waals surface area contributed by atoms with Crippen molar-refractivity contribution in [2.75, 3.05) is 13.7 Å². The van der Waals surface area contributed by atoms with Crippen LogP contribution in [0, 0.1) is 0 Å². The number of hydrogen-bond donors (Lipinski definition) is 1. The number of benzene rings is 1. The lowest BCUT2D eigenvalue weighted by Gasteiger charge is -2.13. The largest absolute Gasteiger partial charge is 0.492 e. The number of fused-ring (bicyclic) bond motifs is 1. The van der Waals surface area contributed by atoms with E-state index in [0.29, 0.717) is 18.8 Å². The van der Waals surface area contributed by atoms with Crippen molar-refractivity contribution in [3.8, 4) is 5.75 Å². The van der Waals surface area contributed by atoms with E-state index in [1.54, 1.807) is 12.1 Å². The van der Waals surface area contributed by atoms with Gasteiger partial charge in [-0.3, -0.25) is 14.5 Å². The predicted molar refractivity (Wildman–Crippen MR) is 72.1 cm³/mol. The molecule has 2 aliphatic rings. The number of likely N-dealkylation sites (N-methyl/N-ethyl adjacent to an activating group) is 1. The van der Waals surface area contributed by atoms with Gasteiger partial charge in [0, 0.05) is 13.5 Å². The molecule has 1 fully saturated rings. The van der Waals surface area contributed by atoms with Gasteiger partial charge in [0.15, 0.2) is 0 Å². The highest BCUT2D eigenvalue weighted by molar-refractivity contribution is 7.89. The SMILES string of the molecule is CN1C(=O)CC(NS(=O)(=O)c2cccc3c2OCC3)C1=O. The summed E-state index contributed by atoms with van der Waals surface area (Å²) in [5, 5.41) is 0. The van der Waals surface area contributed by atoms with Gasteiger partial charge < -0.3 is 4.74 Å². The fourth-order valence-corrected chi connectivity index (χ4v) is 3.87. The number of amides is 2. The van der Waals surface area contributed by atoms with Crippen molar-refractivity contribution in [1.29, 1.82) is 0 Å². The zero-order valence-corrected chi connectivity index (χ0v) is 12.1. The standard InChI is InChI=1S/C13H14N2O5S/c1-15-11(16)7-9(13(15)17)14-21(18,19)10-4-2-3-8-5-6-20-12(8)10/h2-4,9,14H,5-7H2,1H3. The van der Waals surface area contributed by atoms with Crippen LogP contribution in [-0.2, 0) is 26.0 Å². The molecule has 0 aromatic heterocycles. The average molecular weight is 310 g/mol. The van der Waals surface area contributed by atoms with Crippen LogP contribution in [0.5, 0.6) is 5.75 Å². The van der Waals surface area contributed by atoms with Gasteiger partial charge in [0.05, 0.1) is 13.0 Å². The Morgan fingerprint density at radius 1 is 1.33 bits per heavy atom. The topological polar surface area (TPSA) is 92.8 Å². The number of nitrogens with zero attached hydrogens (tertiary/aromatic N) is 1. The second-order valence-electron chi connectivity index (χ2n) is 5.01. The lowest BCUT2D eigenvalue weighted by Crippen LogP contribution is -2.40. The predicted octanol–water partition coefficient (Wildman–Crippen LogP) is -0.343. The molecule has 3 rings (SSSR count). The fraction of sp³-hybridized carbons (Fsp3) is 0.385. The third-order valence-corrected chi connectivity index (χ3v) is 5.14. The van der Waals surface area contributed by atoms with Gasteiger partial charge in [-0.05, 0) is 11.6 Å². The normalized spacial score (nSPS) is 21.6. The van der Waals surface area contributed by atoms with Crippen LogP contribution in [-0.4, -0.2) is 44.8 Å². The van der Waals surface area contributed by atoms with Gasteiger partial charge in [-0.1, -0.05) is 12.1 Å². The Kier molecular flexibility index (Phi) is 3.22. The van der Waals surface area contributed by atoms with E-state index in [1.807, 2.05) is 0 Å². The quantitative estimate of drug-likeness (QED) is 0.771. The van der Waals surface area contributed by atoms with E-state index in [-0.39, 0.29) is 11.3 Å². The first-order valence-electron chi connectivity index (χ1n) is 6.47. The number of rotatable bonds is 3. The molecule has 1 aromatic rings. The van der Waals surface area contributed by atoms with Crippen molar-refractivity contribution < 1.29 is 22.7 Å². The summed E-state index contributed by atoms with van der Waals surface area (Å²) in [5.41, 5.74) is 0.823. The van der Waals surface area contributed by atoms with Crippen LogP contribution in [0.1, 0.15) is 12.0 Å². The van der Waals surface area contributed by atoms with Crippen molar-refractivity contribution in [2.24, 2.45) is 0 Å². The van der Waals surface area contributed by atoms with E-state index in [9.17, 15) is 18.0 Å². The smallest absolute Gasteiger partial charge is 0.247 e. The number of carbonyl (C=O) groups is 2. The number of imide groups is 1. The average Bonchev–Trinajstić information content (AvgIpc) is 3.00. The van der Waals surface area contributed by atoms with Crippen LogP contribution < -0.4 is 9.46 Å². The molecule has 1 saturated heterocycles. The number of likely N-dealkylation sites (tertiary alicyclic amines) is 1. The minimum Gasteiger partial charge on any atom is -0.492 e. The molecule has 0 bridgehead atoms. The Balaban J connectivity index is 1.91. The summed E-state index contributed by atoms with van der Waals surface area (Å²) in [6.45, 7) is 0.436. The lowest BCUT2D eigenvalue weighted by molar-refractivity contribution is -0.137. The molecule has 7 nitrogen and oxygen atoms in total. The lowest BCUT2D eigenvalue weighted by atomic mass is 10.2. The summed E-state index contributed by atoms with van der Waals surface area (Å²) in [5.74, 6) is -0.616. The molecular formula is C13H14N2O5S. The van der Waals surface area contributed by atoms with Crippen LogP contribution in [0.15, 0.2) is 23.1 Å². The minimum atomic E-state index is -3.92. The Bertz CT molecular complexity index is 728. The maximum atomic E-state index is 12.4. The Labute approximate surface area is 121 Å². The van der Waals surface area contributed by atoms with Crippen molar-refractivity contribution in [1.82, 2.24) is 9.62 Å². The third kappa shape index (κ3) is 2.30. The van der Waals surface area contributed by atoms with Crippen molar-refractivity contribution in [3.63, 3.8) is 0 Å². The summed E-state index contributed by atoms with van der Waals surface area (Å²) in [6.07, 6.45) is 0.493. The second kappa shape index (κ2) is 4.81. The first-order chi connectivity index (χ1) is 9.90. The number of ether oxygens (including phenoxy) is 1. The highest BCUT2D eigenvalue weighted by atomic mass is 32.2. The third-order valence-electron chi connectivity index (χ3n) is 3.65. The molecule has 0 aliphatic carbocycles. The fourth-order valence-electron chi connectivity index (χ4n) is 2.49. The van der Waals surface area contributed by atoms with E-state index in [0.717, 1.165) is 10.5 Å². The molecule has 2 amide bonds. The van der Waals surface area contributed by atoms with Crippen LogP contribution in [0.2, 0.25) is 0 Å². The number of para-hydroxylation sites is 1. The number of carbonyl (C=O) groups excluding carboxylic acids is 2. The zero-order chi connectivity index (χ0) is 15.2. The molecule has 1 atom stereocenters. The van der Waals surface area contributed by atoms with Crippen LogP contribution in [0.3, 0.4) is 0 Å². The first kappa shape index (κ1) is 14.0. The molecule has 1 unspecified atom stereocenters. The van der Waals surface area contributed by atoms with Gasteiger partial charge in [0.25, 0.3) is 0 Å². The molecular weight excluding hydrogens is 296 g/mol. The van der Waals surface area contributed by atoms with E-state index in [4.69, 9.17) is 4.74 Å². The molecule has 0 saturated carbocycles. The molecule has 2 aliphatic heterocycles. The van der Waals surface area contributed by atoms with Crippen LogP contribution in [0.25, 0.3) is 0 Å². The van der Waals surface area contributed by atoms with Gasteiger partial charge in [0.1, 0.15) is 16.7 Å². The van der Waals surface area contributed by atoms with Crippen molar-refractivity contribution in [3.05, 3.63) is 23.8 Å². The van der Waals surface area contributed by atoms with Gasteiger partial charge in [-0.2, -0.15) is 4.72 Å². The van der Waals surface area contributed by atoms with Gasteiger partial charge >= 0.3 is 0 Å². The molecule has 8 heteroatoms. The Morgan fingerprint density at radius 2 is 2.10 bits per heavy atom. The summed E-state index contributed by atoms with van der Waals surface area (Å²) in [7, 11) is -2.59. The van der Waals surface area contributed by atoms with Gasteiger partial charge in [0.2, 0.25) is 21.8 Å². The highest BCUT2D eigenvalue weighted by Crippen LogP contribution is 2.32. The molecule has 2 heterocycles. The highest BCUT2D eigenvalue weighted by Gasteiger charge is 2.39. The van der Waals surface area contributed by atoms with Crippen LogP contribution >= 0.6 is 0 Å². The van der Waals surface area contributed by atoms with Crippen LogP contribution in [0.4, 0.5) is 0 Å². The minimum absolute atomic E-state index is 0.00676. The summed E-state index contributed by atoms with van der Waals surface area (Å²) < 4.78 is 32.5. The Morgan fingerprint density at radius 3 is 2.76 bits per heavy atom. The van der Waals surface area contributed by atoms with Gasteiger partial charge in [-0.15, -0.1) is 0 Å². The zero-order valence-electron chi connectivity index (χ0n) is 11.3. The molecule has 1 aromatic carbocycles. The van der Waals surface area contributed by atoms with Crippen molar-refractivity contribution in [2.45, 2.75) is 23.8 Å². The number of sulfonamides is 1. The first-order valence-corrected chi connectivity index (χ1v) is 7.96. The molecule has 0 radical (unpaired) electrons. The van der Waals surface area contributed by atoms with E-state index < -0.39 is 27.9 Å². The number of hydrogen-bond acceptors (Lipinski definition) is 5. The summed E-state index contributed by atoms with van der Waals surface area (Å²) in [4.78, 5) is 24.2. The summed E-state index contributed by atoms with van der Waals surface area (Å²) >= 11 is 0. The molecule has 0 spiro atoms. The molecule has 1 N–H and O–H groups in total.